The lowest BCUT2D eigenvalue weighted by molar-refractivity contribution is 0.318. The summed E-state index contributed by atoms with van der Waals surface area (Å²) < 4.78 is 27.9. The van der Waals surface area contributed by atoms with Crippen molar-refractivity contribution in [2.75, 3.05) is 18.5 Å². The van der Waals surface area contributed by atoms with E-state index in [1.54, 1.807) is 7.05 Å². The molecule has 0 spiro atoms. The van der Waals surface area contributed by atoms with Crippen LogP contribution in [0.4, 0.5) is 14.5 Å². The highest BCUT2D eigenvalue weighted by atomic mass is 19.1. The van der Waals surface area contributed by atoms with Crippen molar-refractivity contribution in [3.8, 4) is 0 Å². The number of benzene rings is 1. The zero-order valence-electron chi connectivity index (χ0n) is 11.5. The molecular weight excluding hydrogens is 252 g/mol. The topological polar surface area (TPSA) is 61.8 Å². The van der Waals surface area contributed by atoms with E-state index in [1.165, 1.54) is 4.90 Å². The van der Waals surface area contributed by atoms with Crippen molar-refractivity contribution in [1.29, 1.82) is 0 Å². The van der Waals surface area contributed by atoms with Gasteiger partial charge in [-0.15, -0.1) is 0 Å². The highest BCUT2D eigenvalue weighted by Crippen LogP contribution is 2.27. The Balaban J connectivity index is 3.17. The second-order valence-corrected chi connectivity index (χ2v) is 5.69. The molecule has 4 nitrogen and oxygen atoms in total. The van der Waals surface area contributed by atoms with Crippen molar-refractivity contribution < 1.29 is 14.0 Å². The van der Waals surface area contributed by atoms with Crippen molar-refractivity contribution in [3.05, 3.63) is 29.3 Å². The fourth-order valence-corrected chi connectivity index (χ4v) is 1.93. The van der Waals surface area contributed by atoms with Crippen molar-refractivity contribution in [2.45, 2.75) is 20.8 Å². The Morgan fingerprint density at radius 2 is 1.79 bits per heavy atom. The first kappa shape index (κ1) is 15.2. The Kier molecular flexibility index (Phi) is 4.34. The summed E-state index contributed by atoms with van der Waals surface area (Å²) in [4.78, 5) is 1.51. The van der Waals surface area contributed by atoms with Gasteiger partial charge in [0.25, 0.3) is 0 Å². The molecule has 0 aromatic heterocycles. The Bertz CT molecular complexity index is 472. The van der Waals surface area contributed by atoms with E-state index >= 15 is 0 Å². The van der Waals surface area contributed by atoms with Gasteiger partial charge in [0.2, 0.25) is 0 Å². The maximum atomic E-state index is 14.0. The lowest BCUT2D eigenvalue weighted by Gasteiger charge is -2.28. The van der Waals surface area contributed by atoms with Crippen LogP contribution in [0.15, 0.2) is 17.3 Å². The first-order chi connectivity index (χ1) is 8.65. The number of hydrogen-bond acceptors (Lipinski definition) is 3. The van der Waals surface area contributed by atoms with Crippen LogP contribution in [0.25, 0.3) is 0 Å². The highest BCUT2D eigenvalue weighted by molar-refractivity contribution is 5.97. The van der Waals surface area contributed by atoms with E-state index in [4.69, 9.17) is 10.9 Å². The molecule has 1 aromatic rings. The normalized spacial score (nSPS) is 12.6. The third kappa shape index (κ3) is 3.81. The van der Waals surface area contributed by atoms with Crippen LogP contribution < -0.4 is 10.6 Å². The number of halogens is 2. The van der Waals surface area contributed by atoms with E-state index in [0.717, 1.165) is 12.1 Å². The number of amidine groups is 1. The third-order valence-electron chi connectivity index (χ3n) is 2.51. The lowest BCUT2D eigenvalue weighted by Crippen LogP contribution is -2.30. The first-order valence-corrected chi connectivity index (χ1v) is 5.84. The van der Waals surface area contributed by atoms with E-state index in [1.807, 2.05) is 20.8 Å². The Morgan fingerprint density at radius 1 is 1.32 bits per heavy atom. The molecule has 1 rings (SSSR count). The van der Waals surface area contributed by atoms with Crippen LogP contribution in [0.2, 0.25) is 0 Å². The zero-order valence-corrected chi connectivity index (χ0v) is 11.5. The van der Waals surface area contributed by atoms with Gasteiger partial charge in [-0.1, -0.05) is 25.9 Å². The van der Waals surface area contributed by atoms with Crippen LogP contribution in [0.1, 0.15) is 26.3 Å². The van der Waals surface area contributed by atoms with Crippen LogP contribution in [0.3, 0.4) is 0 Å². The first-order valence-electron chi connectivity index (χ1n) is 5.84. The van der Waals surface area contributed by atoms with Crippen LogP contribution in [-0.2, 0) is 0 Å². The van der Waals surface area contributed by atoms with Crippen LogP contribution >= 0.6 is 0 Å². The van der Waals surface area contributed by atoms with E-state index in [2.05, 4.69) is 5.16 Å². The molecule has 0 saturated heterocycles. The number of rotatable bonds is 3. The summed E-state index contributed by atoms with van der Waals surface area (Å²) in [5.41, 5.74) is 5.10. The fourth-order valence-electron chi connectivity index (χ4n) is 1.93. The van der Waals surface area contributed by atoms with Crippen molar-refractivity contribution in [2.24, 2.45) is 16.3 Å². The third-order valence-corrected chi connectivity index (χ3v) is 2.51. The van der Waals surface area contributed by atoms with E-state index in [-0.39, 0.29) is 22.5 Å². The molecule has 3 N–H and O–H groups in total. The van der Waals surface area contributed by atoms with Gasteiger partial charge in [0, 0.05) is 19.2 Å². The minimum atomic E-state index is -0.742. The van der Waals surface area contributed by atoms with Gasteiger partial charge >= 0.3 is 0 Å². The van der Waals surface area contributed by atoms with Gasteiger partial charge < -0.3 is 15.8 Å². The zero-order chi connectivity index (χ0) is 14.8. The van der Waals surface area contributed by atoms with Crippen molar-refractivity contribution in [1.82, 2.24) is 0 Å². The molecule has 0 saturated carbocycles. The molecule has 0 aliphatic rings. The second kappa shape index (κ2) is 5.42. The fraction of sp³-hybridized carbons (Fsp3) is 0.462. The minimum absolute atomic E-state index is 0.00501. The summed E-state index contributed by atoms with van der Waals surface area (Å²) in [6.07, 6.45) is 0. The van der Waals surface area contributed by atoms with Gasteiger partial charge in [-0.3, -0.25) is 0 Å². The smallest absolute Gasteiger partial charge is 0.170 e. The predicted molar refractivity (Wildman–Crippen MR) is 71.6 cm³/mol. The van der Waals surface area contributed by atoms with Gasteiger partial charge in [-0.25, -0.2) is 8.78 Å². The number of nitrogens with two attached hydrogens (primary N) is 1. The number of anilines is 1. The molecule has 1 aromatic carbocycles. The monoisotopic (exact) mass is 271 g/mol. The van der Waals surface area contributed by atoms with Crippen LogP contribution in [-0.4, -0.2) is 24.6 Å². The molecule has 0 radical (unpaired) electrons. The van der Waals surface area contributed by atoms with Gasteiger partial charge in [-0.2, -0.15) is 0 Å². The quantitative estimate of drug-likeness (QED) is 0.384. The van der Waals surface area contributed by atoms with Gasteiger partial charge in [0.05, 0.1) is 0 Å². The summed E-state index contributed by atoms with van der Waals surface area (Å²) in [5, 5.41) is 11.2. The summed E-state index contributed by atoms with van der Waals surface area (Å²) >= 11 is 0. The maximum Gasteiger partial charge on any atom is 0.170 e. The molecule has 19 heavy (non-hydrogen) atoms. The molecule has 0 unspecified atom stereocenters. The number of nitrogens with zero attached hydrogens (tertiary/aromatic N) is 2. The Morgan fingerprint density at radius 3 is 2.16 bits per heavy atom. The molecule has 0 heterocycles. The Hall–Kier alpha value is -1.85. The SMILES string of the molecule is CN(CC(C)(C)C)c1c(F)cc(C(N)=NO)cc1F. The summed E-state index contributed by atoms with van der Waals surface area (Å²) in [7, 11) is 1.62. The molecule has 0 aliphatic heterocycles. The van der Waals surface area contributed by atoms with E-state index < -0.39 is 11.6 Å². The van der Waals surface area contributed by atoms with Crippen molar-refractivity contribution >= 4 is 11.5 Å². The predicted octanol–water partition coefficient (Wildman–Crippen LogP) is 2.54. The second-order valence-electron chi connectivity index (χ2n) is 5.69. The van der Waals surface area contributed by atoms with E-state index in [9.17, 15) is 8.78 Å². The molecule has 6 heteroatoms. The van der Waals surface area contributed by atoms with Crippen molar-refractivity contribution in [3.63, 3.8) is 0 Å². The Labute approximate surface area is 111 Å². The number of oxime groups is 1. The standard InChI is InChI=1S/C13H19F2N3O/c1-13(2,3)7-18(4)11-9(14)5-8(6-10(11)15)12(16)17-19/h5-6,19H,7H2,1-4H3,(H2,16,17). The maximum absolute atomic E-state index is 14.0. The molecule has 0 amide bonds. The molecule has 0 aliphatic carbocycles. The average Bonchev–Trinajstić information content (AvgIpc) is 2.24. The summed E-state index contributed by atoms with van der Waals surface area (Å²) in [6.45, 7) is 6.42. The molecule has 0 atom stereocenters. The minimum Gasteiger partial charge on any atom is -0.409 e. The van der Waals surface area contributed by atoms with Gasteiger partial charge in [0.1, 0.15) is 17.3 Å². The van der Waals surface area contributed by atoms with Gasteiger partial charge in [-0.05, 0) is 17.5 Å². The largest absolute Gasteiger partial charge is 0.409 e. The highest BCUT2D eigenvalue weighted by Gasteiger charge is 2.20. The average molecular weight is 271 g/mol. The summed E-state index contributed by atoms with van der Waals surface area (Å²) in [5.74, 6) is -1.82. The number of hydrogen-bond donors (Lipinski definition) is 2. The van der Waals surface area contributed by atoms with Crippen LogP contribution in [0, 0.1) is 17.0 Å². The summed E-state index contributed by atoms with van der Waals surface area (Å²) in [6, 6.07) is 2.10. The molecular formula is C13H19F2N3O. The molecule has 0 bridgehead atoms. The lowest BCUT2D eigenvalue weighted by atomic mass is 9.96. The molecule has 106 valence electrons. The van der Waals surface area contributed by atoms with Crippen LogP contribution in [0.5, 0.6) is 0 Å². The van der Waals surface area contributed by atoms with E-state index in [0.29, 0.717) is 6.54 Å². The molecule has 0 fully saturated rings. The van der Waals surface area contributed by atoms with Gasteiger partial charge in [0.15, 0.2) is 5.84 Å².